The summed E-state index contributed by atoms with van der Waals surface area (Å²) >= 11 is 6.16. The van der Waals surface area contributed by atoms with Gasteiger partial charge in [0.05, 0.1) is 11.3 Å². The van der Waals surface area contributed by atoms with Gasteiger partial charge in [-0.25, -0.2) is 0 Å². The molecule has 0 spiro atoms. The van der Waals surface area contributed by atoms with Gasteiger partial charge in [0, 0.05) is 19.0 Å². The summed E-state index contributed by atoms with van der Waals surface area (Å²) in [4.78, 5) is 0. The predicted octanol–water partition coefficient (Wildman–Crippen LogP) is 1.68. The van der Waals surface area contributed by atoms with E-state index in [4.69, 9.17) is 11.6 Å². The Hall–Kier alpha value is -0.580. The summed E-state index contributed by atoms with van der Waals surface area (Å²) < 4.78 is 1.65. The third kappa shape index (κ3) is 3.98. The van der Waals surface area contributed by atoms with Crippen LogP contribution in [0.2, 0.25) is 5.15 Å². The maximum Gasteiger partial charge on any atom is 0.130 e. The predicted molar refractivity (Wildman–Crippen MR) is 70.4 cm³/mol. The molecule has 1 heterocycles. The Bertz CT molecular complexity index is 374. The van der Waals surface area contributed by atoms with Crippen LogP contribution in [0, 0.1) is 6.92 Å². The molecule has 0 saturated heterocycles. The number of hydrogen-bond donors (Lipinski definition) is 2. The summed E-state index contributed by atoms with van der Waals surface area (Å²) in [6.45, 7) is 7.54. The minimum atomic E-state index is -0.750. The van der Waals surface area contributed by atoms with E-state index in [1.54, 1.807) is 4.68 Å². The normalized spacial score (nSPS) is 14.9. The van der Waals surface area contributed by atoms with Gasteiger partial charge in [0.15, 0.2) is 0 Å². The van der Waals surface area contributed by atoms with E-state index in [0.29, 0.717) is 18.0 Å². The van der Waals surface area contributed by atoms with Crippen LogP contribution in [0.1, 0.15) is 31.5 Å². The molecule has 0 fully saturated rings. The summed E-state index contributed by atoms with van der Waals surface area (Å²) in [5, 5.41) is 18.4. The maximum atomic E-state index is 10.3. The van der Waals surface area contributed by atoms with Crippen molar-refractivity contribution < 1.29 is 5.11 Å². The summed E-state index contributed by atoms with van der Waals surface area (Å²) in [5.74, 6) is 0. The van der Waals surface area contributed by atoms with Crippen molar-refractivity contribution in [3.63, 3.8) is 0 Å². The van der Waals surface area contributed by atoms with Crippen LogP contribution in [-0.2, 0) is 13.5 Å². The second-order valence-corrected chi connectivity index (χ2v) is 5.11. The lowest BCUT2D eigenvalue weighted by atomic mass is 9.93. The first-order valence-corrected chi connectivity index (χ1v) is 6.36. The summed E-state index contributed by atoms with van der Waals surface area (Å²) in [5.41, 5.74) is 1.08. The zero-order valence-corrected chi connectivity index (χ0v) is 11.8. The highest BCUT2D eigenvalue weighted by molar-refractivity contribution is 6.30. The topological polar surface area (TPSA) is 50.1 Å². The van der Waals surface area contributed by atoms with E-state index in [1.807, 2.05) is 20.9 Å². The van der Waals surface area contributed by atoms with Crippen LogP contribution in [0.5, 0.6) is 0 Å². The van der Waals surface area contributed by atoms with Crippen molar-refractivity contribution in [1.29, 1.82) is 0 Å². The molecule has 0 bridgehead atoms. The van der Waals surface area contributed by atoms with Gasteiger partial charge in [0.25, 0.3) is 0 Å². The molecule has 17 heavy (non-hydrogen) atoms. The molecule has 5 heteroatoms. The smallest absolute Gasteiger partial charge is 0.130 e. The van der Waals surface area contributed by atoms with E-state index >= 15 is 0 Å². The molecular weight excluding hydrogens is 238 g/mol. The Kier molecular flexibility index (Phi) is 4.98. The number of nitrogens with one attached hydrogen (secondary N) is 1. The van der Waals surface area contributed by atoms with Crippen molar-refractivity contribution in [2.75, 3.05) is 13.1 Å². The number of halogens is 1. The van der Waals surface area contributed by atoms with Gasteiger partial charge in [-0.2, -0.15) is 5.10 Å². The monoisotopic (exact) mass is 259 g/mol. The third-order valence-electron chi connectivity index (χ3n) is 2.92. The lowest BCUT2D eigenvalue weighted by molar-refractivity contribution is 0.0515. The molecular formula is C12H22ClN3O. The molecule has 0 aliphatic rings. The van der Waals surface area contributed by atoms with E-state index in [0.717, 1.165) is 24.3 Å². The molecule has 0 radical (unpaired) electrons. The zero-order chi connectivity index (χ0) is 13.1. The SMILES string of the molecule is CCNCCC(C)(O)Cc1c(C)nn(C)c1Cl. The lowest BCUT2D eigenvalue weighted by Gasteiger charge is -2.23. The quantitative estimate of drug-likeness (QED) is 0.765. The maximum absolute atomic E-state index is 10.3. The fourth-order valence-electron chi connectivity index (χ4n) is 1.88. The van der Waals surface area contributed by atoms with E-state index in [9.17, 15) is 5.11 Å². The fraction of sp³-hybridized carbons (Fsp3) is 0.750. The molecule has 0 aliphatic carbocycles. The Morgan fingerprint density at radius 2 is 2.18 bits per heavy atom. The average molecular weight is 260 g/mol. The van der Waals surface area contributed by atoms with Gasteiger partial charge in [-0.3, -0.25) is 4.68 Å². The Balaban J connectivity index is 2.68. The van der Waals surface area contributed by atoms with Crippen molar-refractivity contribution in [2.24, 2.45) is 7.05 Å². The van der Waals surface area contributed by atoms with Crippen LogP contribution in [0.3, 0.4) is 0 Å². The molecule has 1 atom stereocenters. The largest absolute Gasteiger partial charge is 0.390 e. The second kappa shape index (κ2) is 5.85. The van der Waals surface area contributed by atoms with Crippen LogP contribution < -0.4 is 5.32 Å². The highest BCUT2D eigenvalue weighted by atomic mass is 35.5. The van der Waals surface area contributed by atoms with Gasteiger partial charge in [-0.05, 0) is 33.4 Å². The first-order valence-electron chi connectivity index (χ1n) is 5.98. The van der Waals surface area contributed by atoms with Crippen molar-refractivity contribution in [3.8, 4) is 0 Å². The number of aryl methyl sites for hydroxylation is 2. The van der Waals surface area contributed by atoms with E-state index in [1.165, 1.54) is 0 Å². The number of aromatic nitrogens is 2. The first kappa shape index (κ1) is 14.5. The molecule has 4 nitrogen and oxygen atoms in total. The number of aliphatic hydroxyl groups is 1. The van der Waals surface area contributed by atoms with Gasteiger partial charge < -0.3 is 10.4 Å². The summed E-state index contributed by atoms with van der Waals surface area (Å²) in [7, 11) is 1.81. The van der Waals surface area contributed by atoms with Gasteiger partial charge in [0.1, 0.15) is 5.15 Å². The first-order chi connectivity index (χ1) is 7.87. The molecule has 0 aliphatic heterocycles. The lowest BCUT2D eigenvalue weighted by Crippen LogP contribution is -2.32. The molecule has 0 amide bonds. The molecule has 98 valence electrons. The van der Waals surface area contributed by atoms with Gasteiger partial charge >= 0.3 is 0 Å². The van der Waals surface area contributed by atoms with Crippen molar-refractivity contribution in [2.45, 2.75) is 39.2 Å². The summed E-state index contributed by atoms with van der Waals surface area (Å²) in [6.07, 6.45) is 1.24. The molecule has 1 unspecified atom stereocenters. The average Bonchev–Trinajstić information content (AvgIpc) is 2.45. The minimum absolute atomic E-state index is 0.539. The number of rotatable bonds is 6. The number of nitrogens with zero attached hydrogens (tertiary/aromatic N) is 2. The molecule has 1 aromatic rings. The van der Waals surface area contributed by atoms with Crippen LogP contribution in [0.4, 0.5) is 0 Å². The Morgan fingerprint density at radius 3 is 2.65 bits per heavy atom. The van der Waals surface area contributed by atoms with Crippen LogP contribution in [0.15, 0.2) is 0 Å². The molecule has 1 rings (SSSR count). The zero-order valence-electron chi connectivity index (χ0n) is 11.0. The highest BCUT2D eigenvalue weighted by Crippen LogP contribution is 2.25. The fourth-order valence-corrected chi connectivity index (χ4v) is 2.12. The molecule has 1 aromatic heterocycles. The minimum Gasteiger partial charge on any atom is -0.390 e. The van der Waals surface area contributed by atoms with E-state index in [2.05, 4.69) is 17.3 Å². The number of hydrogen-bond acceptors (Lipinski definition) is 3. The molecule has 2 N–H and O–H groups in total. The van der Waals surface area contributed by atoms with Crippen LogP contribution in [-0.4, -0.2) is 33.6 Å². The standard InChI is InChI=1S/C12H22ClN3O/c1-5-14-7-6-12(3,17)8-10-9(2)15-16(4)11(10)13/h14,17H,5-8H2,1-4H3. The third-order valence-corrected chi connectivity index (χ3v) is 3.39. The van der Waals surface area contributed by atoms with Crippen LogP contribution in [0.25, 0.3) is 0 Å². The highest BCUT2D eigenvalue weighted by Gasteiger charge is 2.24. The van der Waals surface area contributed by atoms with Gasteiger partial charge in [-0.15, -0.1) is 0 Å². The van der Waals surface area contributed by atoms with E-state index < -0.39 is 5.60 Å². The Labute approximate surface area is 108 Å². The van der Waals surface area contributed by atoms with Crippen molar-refractivity contribution in [3.05, 3.63) is 16.4 Å². The van der Waals surface area contributed by atoms with Crippen LogP contribution >= 0.6 is 11.6 Å². The van der Waals surface area contributed by atoms with Gasteiger partial charge in [0.2, 0.25) is 0 Å². The van der Waals surface area contributed by atoms with Crippen molar-refractivity contribution in [1.82, 2.24) is 15.1 Å². The second-order valence-electron chi connectivity index (χ2n) is 4.76. The summed E-state index contributed by atoms with van der Waals surface area (Å²) in [6, 6.07) is 0. The Morgan fingerprint density at radius 1 is 1.53 bits per heavy atom. The molecule has 0 aromatic carbocycles. The van der Waals surface area contributed by atoms with Gasteiger partial charge in [-0.1, -0.05) is 18.5 Å². The van der Waals surface area contributed by atoms with E-state index in [-0.39, 0.29) is 0 Å². The van der Waals surface area contributed by atoms with Crippen molar-refractivity contribution >= 4 is 11.6 Å². The molecule has 0 saturated carbocycles.